The average molecular weight is 257 g/mol. The highest BCUT2D eigenvalue weighted by Crippen LogP contribution is 2.17. The molecule has 0 spiro atoms. The lowest BCUT2D eigenvalue weighted by molar-refractivity contribution is 0.0595. The molecule has 1 aromatic carbocycles. The van der Waals surface area contributed by atoms with Gasteiger partial charge in [0.2, 0.25) is 0 Å². The topological polar surface area (TPSA) is 39.1 Å². The van der Waals surface area contributed by atoms with E-state index in [1.54, 1.807) is 6.20 Å². The summed E-state index contributed by atoms with van der Waals surface area (Å²) in [4.78, 5) is 0. The molecule has 0 bridgehead atoms. The molecule has 1 aliphatic rings. The average Bonchev–Trinajstić information content (AvgIpc) is 3.01. The first-order valence-corrected chi connectivity index (χ1v) is 6.83. The molecular formula is C15H19N3O. The van der Waals surface area contributed by atoms with Crippen LogP contribution >= 0.6 is 0 Å². The van der Waals surface area contributed by atoms with Gasteiger partial charge < -0.3 is 10.1 Å². The number of rotatable bonds is 4. The van der Waals surface area contributed by atoms with Gasteiger partial charge in [0.1, 0.15) is 0 Å². The van der Waals surface area contributed by atoms with Crippen LogP contribution in [0.2, 0.25) is 0 Å². The molecule has 1 aromatic heterocycles. The second-order valence-corrected chi connectivity index (χ2v) is 4.97. The van der Waals surface area contributed by atoms with Crippen molar-refractivity contribution < 1.29 is 4.74 Å². The monoisotopic (exact) mass is 257 g/mol. The van der Waals surface area contributed by atoms with Crippen molar-refractivity contribution in [3.05, 3.63) is 42.7 Å². The summed E-state index contributed by atoms with van der Waals surface area (Å²) in [6.07, 6.45) is 6.18. The van der Waals surface area contributed by atoms with Crippen LogP contribution in [-0.2, 0) is 4.74 Å². The van der Waals surface area contributed by atoms with E-state index in [4.69, 9.17) is 4.74 Å². The van der Waals surface area contributed by atoms with Crippen LogP contribution in [0.5, 0.6) is 0 Å². The molecule has 2 aromatic rings. The highest BCUT2D eigenvalue weighted by atomic mass is 16.5. The number of anilines is 1. The van der Waals surface area contributed by atoms with Crippen molar-refractivity contribution in [1.82, 2.24) is 9.78 Å². The summed E-state index contributed by atoms with van der Waals surface area (Å²) >= 11 is 0. The van der Waals surface area contributed by atoms with Crippen LogP contribution in [0.3, 0.4) is 0 Å². The lowest BCUT2D eigenvalue weighted by Gasteiger charge is -2.22. The lowest BCUT2D eigenvalue weighted by Crippen LogP contribution is -2.24. The van der Waals surface area contributed by atoms with Crippen molar-refractivity contribution in [1.29, 1.82) is 0 Å². The molecule has 0 aliphatic carbocycles. The van der Waals surface area contributed by atoms with Crippen LogP contribution in [0.25, 0.3) is 5.69 Å². The molecule has 4 heteroatoms. The predicted molar refractivity (Wildman–Crippen MR) is 75.6 cm³/mol. The minimum absolute atomic E-state index is 0.627. The third kappa shape index (κ3) is 3.15. The fourth-order valence-electron chi connectivity index (χ4n) is 2.41. The van der Waals surface area contributed by atoms with Crippen LogP contribution in [0.15, 0.2) is 42.7 Å². The van der Waals surface area contributed by atoms with Gasteiger partial charge in [-0.05, 0) is 43.0 Å². The summed E-state index contributed by atoms with van der Waals surface area (Å²) in [5, 5.41) is 7.74. The van der Waals surface area contributed by atoms with E-state index in [-0.39, 0.29) is 0 Å². The Morgan fingerprint density at radius 1 is 1.37 bits per heavy atom. The Bertz CT molecular complexity index is 504. The van der Waals surface area contributed by atoms with E-state index < -0.39 is 0 Å². The number of aromatic nitrogens is 2. The maximum Gasteiger partial charge on any atom is 0.0666 e. The summed E-state index contributed by atoms with van der Waals surface area (Å²) in [6, 6.07) is 10.3. The zero-order valence-electron chi connectivity index (χ0n) is 11.0. The number of hydrogen-bond acceptors (Lipinski definition) is 3. The van der Waals surface area contributed by atoms with E-state index in [0.717, 1.165) is 31.1 Å². The van der Waals surface area contributed by atoms with E-state index in [1.165, 1.54) is 12.8 Å². The number of nitrogens with one attached hydrogen (secondary N) is 1. The van der Waals surface area contributed by atoms with Gasteiger partial charge in [-0.1, -0.05) is 6.07 Å². The third-order valence-electron chi connectivity index (χ3n) is 3.46. The molecule has 19 heavy (non-hydrogen) atoms. The molecular weight excluding hydrogens is 238 g/mol. The van der Waals surface area contributed by atoms with Crippen molar-refractivity contribution in [2.75, 3.05) is 25.1 Å². The lowest BCUT2D eigenvalue weighted by atomic mass is 10.0. The minimum atomic E-state index is 0.627. The van der Waals surface area contributed by atoms with Crippen molar-refractivity contribution in [2.24, 2.45) is 5.92 Å². The molecule has 0 saturated carbocycles. The molecule has 1 aliphatic heterocycles. The van der Waals surface area contributed by atoms with Crippen LogP contribution in [-0.4, -0.2) is 29.5 Å². The van der Waals surface area contributed by atoms with Crippen molar-refractivity contribution in [3.63, 3.8) is 0 Å². The Labute approximate surface area is 113 Å². The first-order chi connectivity index (χ1) is 9.42. The predicted octanol–water partition coefficient (Wildman–Crippen LogP) is 2.71. The van der Waals surface area contributed by atoms with Crippen molar-refractivity contribution in [2.45, 2.75) is 12.8 Å². The van der Waals surface area contributed by atoms with Crippen LogP contribution < -0.4 is 5.32 Å². The smallest absolute Gasteiger partial charge is 0.0666 e. The van der Waals surface area contributed by atoms with Gasteiger partial charge in [-0.25, -0.2) is 4.68 Å². The number of hydrogen-bond donors (Lipinski definition) is 1. The molecule has 4 nitrogen and oxygen atoms in total. The summed E-state index contributed by atoms with van der Waals surface area (Å²) < 4.78 is 7.37. The molecule has 3 rings (SSSR count). The summed E-state index contributed by atoms with van der Waals surface area (Å²) in [7, 11) is 0. The van der Waals surface area contributed by atoms with Crippen LogP contribution in [0.1, 0.15) is 12.8 Å². The standard InChI is InChI=1S/C15H19N3O/c1-5-14(16-11-13-4-2-9-19-12-13)10-15(6-1)18-8-3-7-17-18/h1,3,5-8,10,13,16H,2,4,9,11-12H2. The molecule has 1 unspecified atom stereocenters. The second-order valence-electron chi connectivity index (χ2n) is 4.97. The first-order valence-electron chi connectivity index (χ1n) is 6.83. The van der Waals surface area contributed by atoms with Gasteiger partial charge in [0.25, 0.3) is 0 Å². The zero-order chi connectivity index (χ0) is 12.9. The van der Waals surface area contributed by atoms with Gasteiger partial charge in [-0.2, -0.15) is 5.10 Å². The Morgan fingerprint density at radius 3 is 3.16 bits per heavy atom. The van der Waals surface area contributed by atoms with Crippen molar-refractivity contribution >= 4 is 5.69 Å². The normalized spacial score (nSPS) is 19.3. The highest BCUT2D eigenvalue weighted by molar-refractivity contribution is 5.50. The number of nitrogens with zero attached hydrogens (tertiary/aromatic N) is 2. The number of ether oxygens (including phenoxy) is 1. The summed E-state index contributed by atoms with van der Waals surface area (Å²) in [5.41, 5.74) is 2.22. The molecule has 0 amide bonds. The number of benzene rings is 1. The second kappa shape index (κ2) is 5.89. The van der Waals surface area contributed by atoms with E-state index >= 15 is 0 Å². The molecule has 0 radical (unpaired) electrons. The fourth-order valence-corrected chi connectivity index (χ4v) is 2.41. The SMILES string of the molecule is c1cc(NCC2CCCOC2)cc(-n2cccn2)c1. The summed E-state index contributed by atoms with van der Waals surface area (Å²) in [5.74, 6) is 0.627. The molecule has 1 fully saturated rings. The summed E-state index contributed by atoms with van der Waals surface area (Å²) in [6.45, 7) is 2.78. The highest BCUT2D eigenvalue weighted by Gasteiger charge is 2.13. The molecule has 1 N–H and O–H groups in total. The van der Waals surface area contributed by atoms with E-state index in [1.807, 2.05) is 16.9 Å². The molecule has 1 atom stereocenters. The zero-order valence-corrected chi connectivity index (χ0v) is 11.0. The van der Waals surface area contributed by atoms with Gasteiger partial charge >= 0.3 is 0 Å². The minimum Gasteiger partial charge on any atom is -0.385 e. The molecule has 1 saturated heterocycles. The van der Waals surface area contributed by atoms with Gasteiger partial charge in [0.05, 0.1) is 12.3 Å². The molecule has 2 heterocycles. The maximum absolute atomic E-state index is 5.50. The Balaban J connectivity index is 1.63. The van der Waals surface area contributed by atoms with Crippen molar-refractivity contribution in [3.8, 4) is 5.69 Å². The van der Waals surface area contributed by atoms with Gasteiger partial charge in [-0.3, -0.25) is 0 Å². The quantitative estimate of drug-likeness (QED) is 0.915. The van der Waals surface area contributed by atoms with Crippen LogP contribution in [0.4, 0.5) is 5.69 Å². The van der Waals surface area contributed by atoms with Crippen LogP contribution in [0, 0.1) is 5.92 Å². The van der Waals surface area contributed by atoms with E-state index in [2.05, 4.69) is 34.7 Å². The molecule has 100 valence electrons. The largest absolute Gasteiger partial charge is 0.385 e. The Morgan fingerprint density at radius 2 is 2.37 bits per heavy atom. The van der Waals surface area contributed by atoms with E-state index in [0.29, 0.717) is 5.92 Å². The van der Waals surface area contributed by atoms with E-state index in [9.17, 15) is 0 Å². The third-order valence-corrected chi connectivity index (χ3v) is 3.46. The first kappa shape index (κ1) is 12.2. The Hall–Kier alpha value is -1.81. The Kier molecular flexibility index (Phi) is 3.79. The van der Waals surface area contributed by atoms with Gasteiger partial charge in [-0.15, -0.1) is 0 Å². The van der Waals surface area contributed by atoms with Gasteiger partial charge in [0, 0.05) is 31.2 Å². The van der Waals surface area contributed by atoms with Gasteiger partial charge in [0.15, 0.2) is 0 Å². The maximum atomic E-state index is 5.50. The fraction of sp³-hybridized carbons (Fsp3) is 0.400.